The summed E-state index contributed by atoms with van der Waals surface area (Å²) in [7, 11) is -7.73. The van der Waals surface area contributed by atoms with Crippen LogP contribution in [0, 0.1) is 0 Å². The van der Waals surface area contributed by atoms with Crippen LogP contribution in [0.25, 0.3) is 0 Å². The van der Waals surface area contributed by atoms with Gasteiger partial charge in [0, 0.05) is 29.7 Å². The predicted molar refractivity (Wildman–Crippen MR) is 159 cm³/mol. The average Bonchev–Trinajstić information content (AvgIpc) is 3.43. The highest BCUT2D eigenvalue weighted by Crippen LogP contribution is 2.31. The van der Waals surface area contributed by atoms with Gasteiger partial charge >= 0.3 is 6.09 Å². The van der Waals surface area contributed by atoms with Gasteiger partial charge in [0.15, 0.2) is 0 Å². The third-order valence-corrected chi connectivity index (χ3v) is 11.2. The summed E-state index contributed by atoms with van der Waals surface area (Å²) in [6.07, 6.45) is 5.41. The van der Waals surface area contributed by atoms with Crippen LogP contribution in [0.1, 0.15) is 77.7 Å². The van der Waals surface area contributed by atoms with Gasteiger partial charge in [0.25, 0.3) is 0 Å². The lowest BCUT2D eigenvalue weighted by molar-refractivity contribution is 0.0490. The van der Waals surface area contributed by atoms with E-state index in [2.05, 4.69) is 10.0 Å². The Morgan fingerprint density at radius 1 is 0.854 bits per heavy atom. The summed E-state index contributed by atoms with van der Waals surface area (Å²) in [6.45, 7) is 5.62. The fourth-order valence-corrected chi connectivity index (χ4v) is 8.52. The molecule has 4 rings (SSSR count). The van der Waals surface area contributed by atoms with Gasteiger partial charge < -0.3 is 10.1 Å². The van der Waals surface area contributed by atoms with Gasteiger partial charge in [-0.3, -0.25) is 0 Å². The first-order valence-electron chi connectivity index (χ1n) is 14.1. The van der Waals surface area contributed by atoms with Gasteiger partial charge in [-0.2, -0.15) is 4.31 Å². The highest BCUT2D eigenvalue weighted by atomic mass is 35.5. The first kappa shape index (κ1) is 31.7. The first-order valence-corrected chi connectivity index (χ1v) is 17.4. The molecule has 0 atom stereocenters. The van der Waals surface area contributed by atoms with E-state index in [9.17, 15) is 21.6 Å². The fourth-order valence-electron chi connectivity index (χ4n) is 5.42. The largest absolute Gasteiger partial charge is 0.444 e. The Kier molecular flexibility index (Phi) is 10.1. The zero-order valence-electron chi connectivity index (χ0n) is 23.8. The van der Waals surface area contributed by atoms with Crippen molar-refractivity contribution in [2.24, 2.45) is 0 Å². The minimum atomic E-state index is -3.87. The molecule has 2 fully saturated rings. The molecule has 0 bridgehead atoms. The number of hydrogen-bond donors (Lipinski definition) is 2. The molecular weight excluding hydrogens is 586 g/mol. The standard InChI is InChI=1S/C29H40ClN3O6S2/c1-29(2,3)39-28(34)31-23-12-14-24(15-13-23)32-40(35,36)26-16-18-27(19-17-26)41(37,38)33(25-6-4-5-7-25)20-21-8-10-22(30)11-9-21/h8-11,16-19,23-25,32H,4-7,12-15,20H2,1-3H3,(H,31,34). The smallest absolute Gasteiger partial charge is 0.407 e. The molecule has 0 unspecified atom stereocenters. The summed E-state index contributed by atoms with van der Waals surface area (Å²) in [6, 6.07) is 12.1. The summed E-state index contributed by atoms with van der Waals surface area (Å²) in [5, 5.41) is 3.44. The third-order valence-electron chi connectivity index (χ3n) is 7.49. The Morgan fingerprint density at radius 2 is 1.39 bits per heavy atom. The van der Waals surface area contributed by atoms with Crippen LogP contribution < -0.4 is 10.0 Å². The Bertz CT molecular complexity index is 1390. The van der Waals surface area contributed by atoms with Crippen LogP contribution >= 0.6 is 11.6 Å². The summed E-state index contributed by atoms with van der Waals surface area (Å²) >= 11 is 6.01. The Balaban J connectivity index is 1.40. The number of carbonyl (C=O) groups is 1. The molecule has 2 N–H and O–H groups in total. The summed E-state index contributed by atoms with van der Waals surface area (Å²) in [5.41, 5.74) is 0.251. The molecule has 2 aromatic carbocycles. The highest BCUT2D eigenvalue weighted by molar-refractivity contribution is 7.89. The number of hydrogen-bond acceptors (Lipinski definition) is 6. The second-order valence-electron chi connectivity index (χ2n) is 11.9. The van der Waals surface area contributed by atoms with Crippen LogP contribution in [0.5, 0.6) is 0 Å². The van der Waals surface area contributed by atoms with Crippen LogP contribution in [0.4, 0.5) is 4.79 Å². The van der Waals surface area contributed by atoms with Crippen LogP contribution in [-0.4, -0.2) is 51.0 Å². The third kappa shape index (κ3) is 8.67. The van der Waals surface area contributed by atoms with Crippen molar-refractivity contribution in [2.75, 3.05) is 0 Å². The highest BCUT2D eigenvalue weighted by Gasteiger charge is 2.34. The predicted octanol–water partition coefficient (Wildman–Crippen LogP) is 5.59. The van der Waals surface area contributed by atoms with E-state index in [1.54, 1.807) is 32.9 Å². The van der Waals surface area contributed by atoms with Crippen molar-refractivity contribution in [3.05, 3.63) is 59.1 Å². The maximum absolute atomic E-state index is 13.7. The van der Waals surface area contributed by atoms with E-state index in [1.165, 1.54) is 28.6 Å². The lowest BCUT2D eigenvalue weighted by Crippen LogP contribution is -2.45. The van der Waals surface area contributed by atoms with Crippen LogP contribution in [0.3, 0.4) is 0 Å². The molecule has 0 aliphatic heterocycles. The van der Waals surface area contributed by atoms with E-state index < -0.39 is 31.7 Å². The van der Waals surface area contributed by atoms with Gasteiger partial charge in [0.1, 0.15) is 5.60 Å². The van der Waals surface area contributed by atoms with Crippen LogP contribution in [-0.2, 0) is 31.3 Å². The monoisotopic (exact) mass is 625 g/mol. The molecule has 2 saturated carbocycles. The molecule has 2 aromatic rings. The van der Waals surface area contributed by atoms with E-state index >= 15 is 0 Å². The van der Waals surface area contributed by atoms with Gasteiger partial charge in [0.05, 0.1) is 9.79 Å². The number of sulfonamides is 2. The molecular formula is C29H40ClN3O6S2. The van der Waals surface area contributed by atoms with Crippen LogP contribution in [0.2, 0.25) is 5.02 Å². The van der Waals surface area contributed by atoms with Crippen molar-refractivity contribution < 1.29 is 26.4 Å². The molecule has 2 aliphatic carbocycles. The molecule has 9 nitrogen and oxygen atoms in total. The molecule has 2 aliphatic rings. The molecule has 0 heterocycles. The normalized spacial score (nSPS) is 20.7. The zero-order chi connectivity index (χ0) is 29.8. The number of carbonyl (C=O) groups excluding carboxylic acids is 1. The van der Waals surface area contributed by atoms with Crippen molar-refractivity contribution in [3.63, 3.8) is 0 Å². The number of alkyl carbamates (subject to hydrolysis) is 1. The van der Waals surface area contributed by atoms with E-state index in [1.807, 2.05) is 12.1 Å². The van der Waals surface area contributed by atoms with Crippen molar-refractivity contribution in [1.82, 2.24) is 14.3 Å². The summed E-state index contributed by atoms with van der Waals surface area (Å²) < 4.78 is 63.3. The van der Waals surface area contributed by atoms with E-state index in [0.29, 0.717) is 30.7 Å². The lowest BCUT2D eigenvalue weighted by atomic mass is 9.92. The minimum Gasteiger partial charge on any atom is -0.444 e. The number of nitrogens with zero attached hydrogens (tertiary/aromatic N) is 1. The molecule has 1 amide bonds. The summed E-state index contributed by atoms with van der Waals surface area (Å²) in [5.74, 6) is 0. The topological polar surface area (TPSA) is 122 Å². The Labute approximate surface area is 249 Å². The van der Waals surface area contributed by atoms with Gasteiger partial charge in [0.2, 0.25) is 20.0 Å². The van der Waals surface area contributed by atoms with Gasteiger partial charge in [-0.15, -0.1) is 0 Å². The number of benzene rings is 2. The molecule has 0 aromatic heterocycles. The van der Waals surface area contributed by atoms with Crippen molar-refractivity contribution in [3.8, 4) is 0 Å². The van der Waals surface area contributed by atoms with E-state index in [4.69, 9.17) is 16.3 Å². The van der Waals surface area contributed by atoms with Crippen LogP contribution in [0.15, 0.2) is 58.3 Å². The zero-order valence-corrected chi connectivity index (χ0v) is 26.2. The fraction of sp³-hybridized carbons (Fsp3) is 0.552. The lowest BCUT2D eigenvalue weighted by Gasteiger charge is -2.30. The Morgan fingerprint density at radius 3 is 1.95 bits per heavy atom. The maximum atomic E-state index is 13.7. The second kappa shape index (κ2) is 13.0. The number of halogens is 1. The van der Waals surface area contributed by atoms with Crippen molar-refractivity contribution >= 4 is 37.7 Å². The molecule has 41 heavy (non-hydrogen) atoms. The second-order valence-corrected chi connectivity index (χ2v) is 15.9. The van der Waals surface area contributed by atoms with Crippen molar-refractivity contribution in [1.29, 1.82) is 0 Å². The maximum Gasteiger partial charge on any atom is 0.407 e. The van der Waals surface area contributed by atoms with Crippen molar-refractivity contribution in [2.45, 2.75) is 112 Å². The molecule has 0 spiro atoms. The average molecular weight is 626 g/mol. The minimum absolute atomic E-state index is 0.00979. The molecule has 12 heteroatoms. The summed E-state index contributed by atoms with van der Waals surface area (Å²) in [4.78, 5) is 12.1. The van der Waals surface area contributed by atoms with Gasteiger partial charge in [-0.25, -0.2) is 26.4 Å². The van der Waals surface area contributed by atoms with Gasteiger partial charge in [-0.1, -0.05) is 36.6 Å². The quantitative estimate of drug-likeness (QED) is 0.375. The first-order chi connectivity index (χ1) is 19.2. The Hall–Kier alpha value is -2.18. The van der Waals surface area contributed by atoms with E-state index in [0.717, 1.165) is 31.2 Å². The SMILES string of the molecule is CC(C)(C)OC(=O)NC1CCC(NS(=O)(=O)c2ccc(S(=O)(=O)N(Cc3ccc(Cl)cc3)C3CCCC3)cc2)CC1. The van der Waals surface area contributed by atoms with E-state index in [-0.39, 0.29) is 34.5 Å². The van der Waals surface area contributed by atoms with Gasteiger partial charge in [-0.05, 0) is 101 Å². The number of nitrogens with one attached hydrogen (secondary N) is 2. The molecule has 0 radical (unpaired) electrons. The number of amides is 1. The number of ether oxygens (including phenoxy) is 1. The number of rotatable bonds is 9. The molecule has 226 valence electrons. The molecule has 0 saturated heterocycles.